The Balaban J connectivity index is 1.45. The molecule has 1 aromatic carbocycles. The Bertz CT molecular complexity index is 629. The van der Waals surface area contributed by atoms with E-state index in [-0.39, 0.29) is 6.10 Å². The van der Waals surface area contributed by atoms with Crippen molar-refractivity contribution in [3.8, 4) is 0 Å². The first-order chi connectivity index (χ1) is 11.1. The number of hydrogen-bond donors (Lipinski definition) is 2. The first-order valence-corrected chi connectivity index (χ1v) is 8.65. The second-order valence-electron chi connectivity index (χ2n) is 6.80. The van der Waals surface area contributed by atoms with Crippen molar-refractivity contribution in [2.75, 3.05) is 26.2 Å². The fraction of sp³-hybridized carbons (Fsp3) is 0.611. The van der Waals surface area contributed by atoms with Gasteiger partial charge >= 0.3 is 0 Å². The molecule has 2 N–H and O–H groups in total. The number of hydrogen-bond acceptors (Lipinski definition) is 4. The van der Waals surface area contributed by atoms with Gasteiger partial charge in [-0.05, 0) is 57.5 Å². The largest absolute Gasteiger partial charge is 0.392 e. The summed E-state index contributed by atoms with van der Waals surface area (Å²) in [4.78, 5) is 7.07. The van der Waals surface area contributed by atoms with Gasteiger partial charge in [-0.3, -0.25) is 0 Å². The van der Waals surface area contributed by atoms with Crippen LogP contribution in [0.25, 0.3) is 11.0 Å². The molecule has 0 spiro atoms. The second-order valence-corrected chi connectivity index (χ2v) is 6.80. The molecule has 0 radical (unpaired) electrons. The maximum absolute atomic E-state index is 9.46. The molecule has 1 aromatic heterocycles. The number of β-amino-alcohol motifs (C(OH)–C–C–N with tert-alkyl or cyclic N) is 1. The van der Waals surface area contributed by atoms with Crippen LogP contribution in [-0.2, 0) is 13.6 Å². The van der Waals surface area contributed by atoms with Crippen LogP contribution in [0.4, 0.5) is 0 Å². The molecule has 1 atom stereocenters. The summed E-state index contributed by atoms with van der Waals surface area (Å²) in [5.41, 5.74) is 2.26. The van der Waals surface area contributed by atoms with E-state index < -0.39 is 0 Å². The van der Waals surface area contributed by atoms with Gasteiger partial charge in [0.1, 0.15) is 5.82 Å². The maximum atomic E-state index is 9.46. The number of benzene rings is 1. The van der Waals surface area contributed by atoms with E-state index in [1.807, 2.05) is 13.0 Å². The number of nitrogens with zero attached hydrogens (tertiary/aromatic N) is 3. The molecule has 23 heavy (non-hydrogen) atoms. The van der Waals surface area contributed by atoms with Crippen LogP contribution < -0.4 is 5.32 Å². The number of piperidine rings is 1. The number of aryl methyl sites for hydroxylation is 1. The first kappa shape index (κ1) is 16.4. The van der Waals surface area contributed by atoms with Gasteiger partial charge in [0.05, 0.1) is 23.7 Å². The topological polar surface area (TPSA) is 53.3 Å². The van der Waals surface area contributed by atoms with Crippen LogP contribution in [0.15, 0.2) is 24.3 Å². The molecule has 0 bridgehead atoms. The average Bonchev–Trinajstić information content (AvgIpc) is 2.85. The van der Waals surface area contributed by atoms with Gasteiger partial charge in [0, 0.05) is 13.6 Å². The van der Waals surface area contributed by atoms with Gasteiger partial charge < -0.3 is 19.9 Å². The molecule has 5 heteroatoms. The number of aromatic nitrogens is 2. The number of imidazole rings is 1. The number of aliphatic hydroxyl groups is 1. The monoisotopic (exact) mass is 316 g/mol. The smallest absolute Gasteiger partial charge is 0.123 e. The third kappa shape index (κ3) is 4.10. The number of para-hydroxylation sites is 2. The molecular formula is C18H28N4O. The minimum Gasteiger partial charge on any atom is -0.392 e. The van der Waals surface area contributed by atoms with Gasteiger partial charge in [-0.15, -0.1) is 0 Å². The minimum atomic E-state index is -0.220. The quantitative estimate of drug-likeness (QED) is 0.853. The molecule has 2 aromatic rings. The van der Waals surface area contributed by atoms with Crippen LogP contribution >= 0.6 is 0 Å². The summed E-state index contributed by atoms with van der Waals surface area (Å²) in [5, 5.41) is 13.0. The Morgan fingerprint density at radius 2 is 2.04 bits per heavy atom. The van der Waals surface area contributed by atoms with Gasteiger partial charge in [-0.2, -0.15) is 0 Å². The standard InChI is InChI=1S/C18H28N4O/c1-14(23)13-22-9-7-15(8-10-22)11-19-12-18-20-16-5-3-4-6-17(16)21(18)2/h3-6,14-15,19,23H,7-13H2,1-2H3/t14-/m1/s1. The Labute approximate surface area is 138 Å². The van der Waals surface area contributed by atoms with Crippen LogP contribution in [0.1, 0.15) is 25.6 Å². The van der Waals surface area contributed by atoms with E-state index in [1.165, 1.54) is 18.4 Å². The fourth-order valence-electron chi connectivity index (χ4n) is 3.49. The number of fused-ring (bicyclic) bond motifs is 1. The van der Waals surface area contributed by atoms with Crippen LogP contribution in [-0.4, -0.2) is 51.8 Å². The Morgan fingerprint density at radius 3 is 2.74 bits per heavy atom. The van der Waals surface area contributed by atoms with Crippen LogP contribution in [0.5, 0.6) is 0 Å². The molecule has 5 nitrogen and oxygen atoms in total. The maximum Gasteiger partial charge on any atom is 0.123 e. The molecule has 1 aliphatic rings. The van der Waals surface area contributed by atoms with E-state index in [0.29, 0.717) is 0 Å². The highest BCUT2D eigenvalue weighted by molar-refractivity contribution is 5.75. The van der Waals surface area contributed by atoms with Crippen molar-refractivity contribution in [1.82, 2.24) is 19.8 Å². The van der Waals surface area contributed by atoms with Crippen molar-refractivity contribution in [1.29, 1.82) is 0 Å². The highest BCUT2D eigenvalue weighted by Crippen LogP contribution is 2.17. The molecule has 0 saturated carbocycles. The van der Waals surface area contributed by atoms with E-state index in [9.17, 15) is 5.11 Å². The predicted octanol–water partition coefficient (Wildman–Crippen LogP) is 1.76. The Morgan fingerprint density at radius 1 is 1.30 bits per heavy atom. The van der Waals surface area contributed by atoms with Crippen molar-refractivity contribution in [2.24, 2.45) is 13.0 Å². The molecule has 1 aliphatic heterocycles. The lowest BCUT2D eigenvalue weighted by Gasteiger charge is -2.32. The molecule has 1 saturated heterocycles. The van der Waals surface area contributed by atoms with Crippen molar-refractivity contribution < 1.29 is 5.11 Å². The fourth-order valence-corrected chi connectivity index (χ4v) is 3.49. The van der Waals surface area contributed by atoms with Crippen molar-refractivity contribution in [2.45, 2.75) is 32.4 Å². The predicted molar refractivity (Wildman–Crippen MR) is 93.3 cm³/mol. The molecule has 0 amide bonds. The lowest BCUT2D eigenvalue weighted by Crippen LogP contribution is -2.40. The van der Waals surface area contributed by atoms with Gasteiger partial charge in [-0.25, -0.2) is 4.98 Å². The van der Waals surface area contributed by atoms with Crippen molar-refractivity contribution in [3.63, 3.8) is 0 Å². The minimum absolute atomic E-state index is 0.220. The third-order valence-electron chi connectivity index (χ3n) is 4.83. The summed E-state index contributed by atoms with van der Waals surface area (Å²) in [6, 6.07) is 8.27. The normalized spacial score (nSPS) is 18.6. The molecule has 1 fully saturated rings. The SMILES string of the molecule is C[C@@H](O)CN1CCC(CNCc2nc3ccccc3n2C)CC1. The first-order valence-electron chi connectivity index (χ1n) is 8.65. The zero-order valence-electron chi connectivity index (χ0n) is 14.2. The average molecular weight is 316 g/mol. The third-order valence-corrected chi connectivity index (χ3v) is 4.83. The summed E-state index contributed by atoms with van der Waals surface area (Å²) in [6.07, 6.45) is 2.20. The van der Waals surface area contributed by atoms with Crippen molar-refractivity contribution >= 4 is 11.0 Å². The van der Waals surface area contributed by atoms with E-state index >= 15 is 0 Å². The number of rotatable bonds is 6. The Kier molecular flexibility index (Phi) is 5.30. The van der Waals surface area contributed by atoms with E-state index in [1.54, 1.807) is 0 Å². The molecular weight excluding hydrogens is 288 g/mol. The zero-order chi connectivity index (χ0) is 16.2. The molecule has 3 rings (SSSR count). The van der Waals surface area contributed by atoms with Gasteiger partial charge in [-0.1, -0.05) is 12.1 Å². The summed E-state index contributed by atoms with van der Waals surface area (Å²) >= 11 is 0. The van der Waals surface area contributed by atoms with Gasteiger partial charge in [0.2, 0.25) is 0 Å². The number of aliphatic hydroxyl groups excluding tert-OH is 1. The molecule has 126 valence electrons. The van der Waals surface area contributed by atoms with Crippen molar-refractivity contribution in [3.05, 3.63) is 30.1 Å². The highest BCUT2D eigenvalue weighted by atomic mass is 16.3. The lowest BCUT2D eigenvalue weighted by molar-refractivity contribution is 0.0997. The van der Waals surface area contributed by atoms with E-state index in [0.717, 1.165) is 50.0 Å². The van der Waals surface area contributed by atoms with Crippen LogP contribution in [0.3, 0.4) is 0 Å². The van der Waals surface area contributed by atoms with Gasteiger partial charge in [0.25, 0.3) is 0 Å². The molecule has 2 heterocycles. The van der Waals surface area contributed by atoms with Crippen LogP contribution in [0, 0.1) is 5.92 Å². The summed E-state index contributed by atoms with van der Waals surface area (Å²) in [7, 11) is 2.08. The molecule has 0 unspecified atom stereocenters. The highest BCUT2D eigenvalue weighted by Gasteiger charge is 2.19. The lowest BCUT2D eigenvalue weighted by atomic mass is 9.96. The summed E-state index contributed by atoms with van der Waals surface area (Å²) in [6.45, 7) is 6.74. The zero-order valence-corrected chi connectivity index (χ0v) is 14.2. The van der Waals surface area contributed by atoms with Crippen LogP contribution in [0.2, 0.25) is 0 Å². The van der Waals surface area contributed by atoms with E-state index in [4.69, 9.17) is 4.98 Å². The van der Waals surface area contributed by atoms with Gasteiger partial charge in [0.15, 0.2) is 0 Å². The molecule has 0 aliphatic carbocycles. The summed E-state index contributed by atoms with van der Waals surface area (Å²) in [5.74, 6) is 1.83. The number of nitrogens with one attached hydrogen (secondary N) is 1. The second kappa shape index (κ2) is 7.43. The summed E-state index contributed by atoms with van der Waals surface area (Å²) < 4.78 is 2.17. The number of likely N-dealkylation sites (tertiary alicyclic amines) is 1. The Hall–Kier alpha value is -1.43. The van der Waals surface area contributed by atoms with E-state index in [2.05, 4.69) is 40.0 Å².